The molecule has 0 saturated heterocycles. The van der Waals surface area contributed by atoms with Crippen molar-refractivity contribution in [1.29, 1.82) is 0 Å². The molecule has 0 spiro atoms. The molecule has 0 saturated carbocycles. The van der Waals surface area contributed by atoms with Gasteiger partial charge in [0.05, 0.1) is 20.3 Å². The van der Waals surface area contributed by atoms with Gasteiger partial charge in [0, 0.05) is 5.92 Å². The van der Waals surface area contributed by atoms with E-state index >= 15 is 0 Å². The summed E-state index contributed by atoms with van der Waals surface area (Å²) < 4.78 is 9.22. The van der Waals surface area contributed by atoms with Gasteiger partial charge >= 0.3 is 11.9 Å². The number of aliphatic hydroxyl groups is 1. The minimum absolute atomic E-state index is 0.0684. The molecule has 0 aliphatic carbocycles. The molecule has 0 radical (unpaired) electrons. The van der Waals surface area contributed by atoms with Crippen molar-refractivity contribution in [3.63, 3.8) is 0 Å². The predicted octanol–water partition coefficient (Wildman–Crippen LogP) is 1.87. The molecule has 0 fully saturated rings. The van der Waals surface area contributed by atoms with E-state index in [1.165, 1.54) is 20.3 Å². The third-order valence-electron chi connectivity index (χ3n) is 3.33. The maximum atomic E-state index is 11.7. The third-order valence-corrected chi connectivity index (χ3v) is 3.33. The molecule has 0 aliphatic rings. The van der Waals surface area contributed by atoms with Crippen molar-refractivity contribution in [1.82, 2.24) is 0 Å². The number of ether oxygens (including phenoxy) is 2. The second kappa shape index (κ2) is 8.21. The molecule has 0 unspecified atom stereocenters. The van der Waals surface area contributed by atoms with Crippen LogP contribution in [0.3, 0.4) is 0 Å². The van der Waals surface area contributed by atoms with Crippen LogP contribution in [0.1, 0.15) is 18.1 Å². The van der Waals surface area contributed by atoms with E-state index in [1.54, 1.807) is 24.3 Å². The van der Waals surface area contributed by atoms with Crippen molar-refractivity contribution in [2.45, 2.75) is 12.5 Å². The van der Waals surface area contributed by atoms with Gasteiger partial charge in [-0.3, -0.25) is 9.59 Å². The molecule has 0 aliphatic heterocycles. The minimum atomic E-state index is -1.08. The molecular weight excluding hydrogens is 272 g/mol. The Kier molecular flexibility index (Phi) is 6.62. The molecular formula is C16H20O5. The monoisotopic (exact) mass is 292 g/mol. The molecule has 0 aromatic heterocycles. The Morgan fingerprint density at radius 2 is 1.71 bits per heavy atom. The Labute approximate surface area is 124 Å². The van der Waals surface area contributed by atoms with Crippen molar-refractivity contribution in [2.75, 3.05) is 14.2 Å². The first-order chi connectivity index (χ1) is 10.0. The van der Waals surface area contributed by atoms with E-state index in [4.69, 9.17) is 0 Å². The summed E-state index contributed by atoms with van der Waals surface area (Å²) >= 11 is 0. The summed E-state index contributed by atoms with van der Waals surface area (Å²) in [5.74, 6) is -2.93. The van der Waals surface area contributed by atoms with Crippen molar-refractivity contribution in [2.24, 2.45) is 11.8 Å². The summed E-state index contributed by atoms with van der Waals surface area (Å²) in [5.41, 5.74) is 0.691. The SMILES string of the molecule is C=C[C@H](CC(C(=O)OC)C(=O)OC)[C@H](O)c1ccccc1. The van der Waals surface area contributed by atoms with Gasteiger partial charge in [-0.25, -0.2) is 0 Å². The van der Waals surface area contributed by atoms with E-state index in [-0.39, 0.29) is 6.42 Å². The number of benzene rings is 1. The maximum Gasteiger partial charge on any atom is 0.320 e. The summed E-state index contributed by atoms with van der Waals surface area (Å²) in [7, 11) is 2.41. The second-order valence-corrected chi connectivity index (χ2v) is 4.59. The zero-order valence-electron chi connectivity index (χ0n) is 12.2. The number of hydrogen-bond donors (Lipinski definition) is 1. The number of methoxy groups -OCH3 is 2. The lowest BCUT2D eigenvalue weighted by Gasteiger charge is -2.23. The molecule has 5 nitrogen and oxygen atoms in total. The molecule has 1 aromatic rings. The maximum absolute atomic E-state index is 11.7. The molecule has 0 heterocycles. The van der Waals surface area contributed by atoms with Gasteiger partial charge in [-0.2, -0.15) is 0 Å². The quantitative estimate of drug-likeness (QED) is 0.472. The highest BCUT2D eigenvalue weighted by atomic mass is 16.5. The van der Waals surface area contributed by atoms with Crippen LogP contribution < -0.4 is 0 Å². The van der Waals surface area contributed by atoms with Gasteiger partial charge in [0.15, 0.2) is 5.92 Å². The molecule has 0 amide bonds. The lowest BCUT2D eigenvalue weighted by atomic mass is 9.87. The number of esters is 2. The first-order valence-corrected chi connectivity index (χ1v) is 6.56. The fraction of sp³-hybridized carbons (Fsp3) is 0.375. The van der Waals surface area contributed by atoms with Crippen LogP contribution in [0.4, 0.5) is 0 Å². The molecule has 1 rings (SSSR count). The van der Waals surface area contributed by atoms with Gasteiger partial charge in [0.1, 0.15) is 0 Å². The number of carbonyl (C=O) groups is 2. The van der Waals surface area contributed by atoms with Crippen LogP contribution in [-0.2, 0) is 19.1 Å². The van der Waals surface area contributed by atoms with Crippen molar-refractivity contribution in [3.8, 4) is 0 Å². The standard InChI is InChI=1S/C16H20O5/c1-4-11(14(17)12-8-6-5-7-9-12)10-13(15(18)20-2)16(19)21-3/h4-9,11,13-14,17H,1,10H2,2-3H3/t11-,14+/m1/s1. The highest BCUT2D eigenvalue weighted by Crippen LogP contribution is 2.29. The van der Waals surface area contributed by atoms with Crippen LogP contribution in [0, 0.1) is 11.8 Å². The van der Waals surface area contributed by atoms with Crippen molar-refractivity contribution in [3.05, 3.63) is 48.6 Å². The third kappa shape index (κ3) is 4.43. The van der Waals surface area contributed by atoms with Gasteiger partial charge in [0.25, 0.3) is 0 Å². The van der Waals surface area contributed by atoms with E-state index in [0.29, 0.717) is 5.56 Å². The van der Waals surface area contributed by atoms with Gasteiger partial charge in [0.2, 0.25) is 0 Å². The molecule has 5 heteroatoms. The van der Waals surface area contributed by atoms with Crippen LogP contribution >= 0.6 is 0 Å². The zero-order chi connectivity index (χ0) is 15.8. The fourth-order valence-corrected chi connectivity index (χ4v) is 2.10. The average Bonchev–Trinajstić information content (AvgIpc) is 2.54. The van der Waals surface area contributed by atoms with Crippen molar-refractivity contribution >= 4 is 11.9 Å². The van der Waals surface area contributed by atoms with E-state index < -0.39 is 29.9 Å². The topological polar surface area (TPSA) is 72.8 Å². The Morgan fingerprint density at radius 3 is 2.14 bits per heavy atom. The number of hydrogen-bond acceptors (Lipinski definition) is 5. The Hall–Kier alpha value is -2.14. The molecule has 21 heavy (non-hydrogen) atoms. The normalized spacial score (nSPS) is 13.3. The highest BCUT2D eigenvalue weighted by Gasteiger charge is 2.33. The van der Waals surface area contributed by atoms with Crippen LogP contribution in [0.5, 0.6) is 0 Å². The summed E-state index contributed by atoms with van der Waals surface area (Å²) in [6.07, 6.45) is 0.732. The van der Waals surface area contributed by atoms with Crippen LogP contribution in [0.15, 0.2) is 43.0 Å². The molecule has 1 aromatic carbocycles. The summed E-state index contributed by atoms with van der Waals surface area (Å²) in [4.78, 5) is 23.4. The first-order valence-electron chi connectivity index (χ1n) is 6.56. The van der Waals surface area contributed by atoms with Crippen molar-refractivity contribution < 1.29 is 24.2 Å². The Balaban J connectivity index is 2.90. The zero-order valence-corrected chi connectivity index (χ0v) is 12.2. The second-order valence-electron chi connectivity index (χ2n) is 4.59. The molecule has 1 N–H and O–H groups in total. The molecule has 0 bridgehead atoms. The first kappa shape index (κ1) is 16.9. The van der Waals surface area contributed by atoms with Gasteiger partial charge in [-0.1, -0.05) is 36.4 Å². The highest BCUT2D eigenvalue weighted by molar-refractivity contribution is 5.94. The minimum Gasteiger partial charge on any atom is -0.468 e. The lowest BCUT2D eigenvalue weighted by molar-refractivity contribution is -0.159. The summed E-state index contributed by atoms with van der Waals surface area (Å²) in [5, 5.41) is 10.4. The predicted molar refractivity (Wildman–Crippen MR) is 77.2 cm³/mol. The van der Waals surface area contributed by atoms with Gasteiger partial charge in [-0.15, -0.1) is 6.58 Å². The lowest BCUT2D eigenvalue weighted by Crippen LogP contribution is -2.29. The average molecular weight is 292 g/mol. The number of carbonyl (C=O) groups excluding carboxylic acids is 2. The smallest absolute Gasteiger partial charge is 0.320 e. The van der Waals surface area contributed by atoms with E-state index in [9.17, 15) is 14.7 Å². The van der Waals surface area contributed by atoms with Gasteiger partial charge < -0.3 is 14.6 Å². The van der Waals surface area contributed by atoms with Crippen LogP contribution in [0.2, 0.25) is 0 Å². The largest absolute Gasteiger partial charge is 0.468 e. The van der Waals surface area contributed by atoms with Crippen LogP contribution in [0.25, 0.3) is 0 Å². The Bertz CT molecular complexity index is 467. The fourth-order valence-electron chi connectivity index (χ4n) is 2.10. The molecule has 114 valence electrons. The summed E-state index contributed by atoms with van der Waals surface area (Å²) in [6, 6.07) is 8.98. The van der Waals surface area contributed by atoms with E-state index in [0.717, 1.165) is 0 Å². The molecule has 2 atom stereocenters. The van der Waals surface area contributed by atoms with E-state index in [2.05, 4.69) is 16.1 Å². The van der Waals surface area contributed by atoms with E-state index in [1.807, 2.05) is 6.07 Å². The Morgan fingerprint density at radius 1 is 1.19 bits per heavy atom. The summed E-state index contributed by atoms with van der Waals surface area (Å²) in [6.45, 7) is 3.67. The number of rotatable bonds is 7. The number of aliphatic hydroxyl groups excluding tert-OH is 1. The van der Waals surface area contributed by atoms with Crippen LogP contribution in [-0.4, -0.2) is 31.3 Å². The van der Waals surface area contributed by atoms with Gasteiger partial charge in [-0.05, 0) is 12.0 Å².